The average Bonchev–Trinajstić information content (AvgIpc) is 3.24. The number of alkyl halides is 3. The van der Waals surface area contributed by atoms with Crippen LogP contribution in [0.2, 0.25) is 0 Å². The fraction of sp³-hybridized carbons (Fsp3) is 0.429. The smallest absolute Gasteiger partial charge is 0.417 e. The molecule has 0 bridgehead atoms. The Bertz CT molecular complexity index is 988. The molecule has 1 fully saturated rings. The minimum atomic E-state index is -4.57. The Morgan fingerprint density at radius 1 is 1.16 bits per heavy atom. The number of hydrogen-bond donors (Lipinski definition) is 2. The monoisotopic (exact) mass is 434 g/mol. The highest BCUT2D eigenvalue weighted by Gasteiger charge is 2.36. The van der Waals surface area contributed by atoms with Crippen LogP contribution in [0, 0.1) is 0 Å². The maximum atomic E-state index is 13.8. The summed E-state index contributed by atoms with van der Waals surface area (Å²) in [7, 11) is 1.69. The van der Waals surface area contributed by atoms with E-state index in [-0.39, 0.29) is 28.8 Å². The molecule has 0 radical (unpaired) electrons. The maximum Gasteiger partial charge on any atom is 0.417 e. The standard InChI is InChI=1S/C21H25F3N6O/c1-29-18(25)13-7-8-15(27-19(13)28-20(29)26)17-14(21(22,23)24)5-4-6-16(17)31-12-11-30-9-2-3-10-30/h4-8,18H,2-3,9-12,25H2,1H3,(H2,26,27,28). The lowest BCUT2D eigenvalue weighted by Gasteiger charge is -2.30. The van der Waals surface area contributed by atoms with Crippen LogP contribution in [0.4, 0.5) is 19.0 Å². The Morgan fingerprint density at radius 2 is 1.90 bits per heavy atom. The highest BCUT2D eigenvalue weighted by Crippen LogP contribution is 2.43. The molecule has 0 spiro atoms. The van der Waals surface area contributed by atoms with Gasteiger partial charge in [0.25, 0.3) is 0 Å². The number of ether oxygens (including phenoxy) is 1. The van der Waals surface area contributed by atoms with Crippen molar-refractivity contribution in [2.45, 2.75) is 25.2 Å². The number of nitrogens with zero attached hydrogens (tertiary/aromatic N) is 4. The van der Waals surface area contributed by atoms with Gasteiger partial charge in [-0.15, -0.1) is 0 Å². The number of pyridine rings is 1. The van der Waals surface area contributed by atoms with Crippen LogP contribution in [0.3, 0.4) is 0 Å². The Hall–Kier alpha value is -2.85. The highest BCUT2D eigenvalue weighted by molar-refractivity contribution is 5.84. The molecule has 2 aromatic rings. The molecule has 31 heavy (non-hydrogen) atoms. The van der Waals surface area contributed by atoms with Crippen LogP contribution in [0.15, 0.2) is 35.3 Å². The summed E-state index contributed by atoms with van der Waals surface area (Å²) in [6.07, 6.45) is -2.88. The first-order valence-corrected chi connectivity index (χ1v) is 10.1. The largest absolute Gasteiger partial charge is 0.492 e. The second kappa shape index (κ2) is 8.35. The van der Waals surface area contributed by atoms with E-state index in [4.69, 9.17) is 16.2 Å². The Balaban J connectivity index is 1.72. The van der Waals surface area contributed by atoms with Crippen LogP contribution >= 0.6 is 0 Å². The number of aromatic nitrogens is 1. The fourth-order valence-electron chi connectivity index (χ4n) is 3.90. The van der Waals surface area contributed by atoms with Crippen LogP contribution < -0.4 is 16.2 Å². The molecule has 0 amide bonds. The van der Waals surface area contributed by atoms with Gasteiger partial charge in [0.2, 0.25) is 0 Å². The summed E-state index contributed by atoms with van der Waals surface area (Å²) in [5.41, 5.74) is 11.8. The van der Waals surface area contributed by atoms with Crippen LogP contribution in [-0.4, -0.2) is 54.0 Å². The van der Waals surface area contributed by atoms with Gasteiger partial charge in [-0.3, -0.25) is 4.90 Å². The van der Waals surface area contributed by atoms with Gasteiger partial charge in [-0.1, -0.05) is 6.07 Å². The Morgan fingerprint density at radius 3 is 2.61 bits per heavy atom. The molecule has 0 saturated carbocycles. The first-order chi connectivity index (χ1) is 14.8. The third-order valence-electron chi connectivity index (χ3n) is 5.67. The van der Waals surface area contributed by atoms with Crippen molar-refractivity contribution in [1.29, 1.82) is 0 Å². The summed E-state index contributed by atoms with van der Waals surface area (Å²) in [5, 5.41) is 0. The van der Waals surface area contributed by atoms with Crippen molar-refractivity contribution in [3.8, 4) is 17.0 Å². The molecule has 10 heteroatoms. The second-order valence-corrected chi connectivity index (χ2v) is 7.71. The van der Waals surface area contributed by atoms with Crippen molar-refractivity contribution in [3.05, 3.63) is 41.5 Å². The van der Waals surface area contributed by atoms with E-state index in [9.17, 15) is 13.2 Å². The van der Waals surface area contributed by atoms with Gasteiger partial charge in [0, 0.05) is 19.2 Å². The summed E-state index contributed by atoms with van der Waals surface area (Å²) >= 11 is 0. The Labute approximate surface area is 178 Å². The molecule has 1 aromatic carbocycles. The normalized spacial score (nSPS) is 19.3. The molecule has 1 aromatic heterocycles. The highest BCUT2D eigenvalue weighted by atomic mass is 19.4. The Kier molecular flexibility index (Phi) is 5.76. The lowest BCUT2D eigenvalue weighted by atomic mass is 10.0. The zero-order valence-corrected chi connectivity index (χ0v) is 17.2. The first-order valence-electron chi connectivity index (χ1n) is 10.1. The van der Waals surface area contributed by atoms with Crippen LogP contribution in [-0.2, 0) is 6.18 Å². The molecule has 1 saturated heterocycles. The third-order valence-corrected chi connectivity index (χ3v) is 5.67. The van der Waals surface area contributed by atoms with Crippen molar-refractivity contribution < 1.29 is 17.9 Å². The molecule has 4 N–H and O–H groups in total. The van der Waals surface area contributed by atoms with E-state index in [0.717, 1.165) is 32.0 Å². The van der Waals surface area contributed by atoms with Crippen molar-refractivity contribution in [3.63, 3.8) is 0 Å². The van der Waals surface area contributed by atoms with E-state index in [1.54, 1.807) is 18.0 Å². The van der Waals surface area contributed by atoms with Crippen molar-refractivity contribution in [2.24, 2.45) is 16.5 Å². The number of nitrogens with two attached hydrogens (primary N) is 2. The zero-order chi connectivity index (χ0) is 22.2. The van der Waals surface area contributed by atoms with Crippen LogP contribution in [0.25, 0.3) is 11.3 Å². The fourth-order valence-corrected chi connectivity index (χ4v) is 3.90. The quantitative estimate of drug-likeness (QED) is 0.751. The lowest BCUT2D eigenvalue weighted by Crippen LogP contribution is -2.43. The van der Waals surface area contributed by atoms with Crippen molar-refractivity contribution >= 4 is 11.8 Å². The number of benzene rings is 1. The second-order valence-electron chi connectivity index (χ2n) is 7.71. The van der Waals surface area contributed by atoms with Gasteiger partial charge >= 0.3 is 6.18 Å². The predicted molar refractivity (Wildman–Crippen MR) is 112 cm³/mol. The van der Waals surface area contributed by atoms with Crippen molar-refractivity contribution in [2.75, 3.05) is 33.3 Å². The molecule has 1 atom stereocenters. The van der Waals surface area contributed by atoms with Gasteiger partial charge < -0.3 is 21.1 Å². The summed E-state index contributed by atoms with van der Waals surface area (Å²) in [4.78, 5) is 12.4. The first kappa shape index (κ1) is 21.4. The molecule has 0 aliphatic carbocycles. The topological polar surface area (TPSA) is 93.0 Å². The minimum absolute atomic E-state index is 0.108. The maximum absolute atomic E-state index is 13.8. The number of guanidine groups is 1. The number of aliphatic imine (C=N–C) groups is 1. The van der Waals surface area contributed by atoms with Gasteiger partial charge in [0.1, 0.15) is 18.5 Å². The lowest BCUT2D eigenvalue weighted by molar-refractivity contribution is -0.137. The van der Waals surface area contributed by atoms with E-state index < -0.39 is 17.9 Å². The molecule has 2 aliphatic heterocycles. The van der Waals surface area contributed by atoms with E-state index in [1.165, 1.54) is 18.2 Å². The number of halogens is 3. The minimum Gasteiger partial charge on any atom is -0.492 e. The number of fused-ring (bicyclic) bond motifs is 1. The third kappa shape index (κ3) is 4.31. The SMILES string of the molecule is CN1C(N)=Nc2nc(-c3c(OCCN4CCCC4)cccc3C(F)(F)F)ccc2C1N. The molecule has 3 heterocycles. The number of likely N-dealkylation sites (tertiary alicyclic amines) is 1. The van der Waals surface area contributed by atoms with Gasteiger partial charge in [-0.05, 0) is 50.2 Å². The zero-order valence-electron chi connectivity index (χ0n) is 17.2. The van der Waals surface area contributed by atoms with Gasteiger partial charge in [0.15, 0.2) is 11.8 Å². The molecule has 7 nitrogen and oxygen atoms in total. The molecule has 4 rings (SSSR count). The van der Waals surface area contributed by atoms with Gasteiger partial charge in [0.05, 0.1) is 16.8 Å². The van der Waals surface area contributed by atoms with Gasteiger partial charge in [-0.25, -0.2) is 4.98 Å². The molecule has 166 valence electrons. The van der Waals surface area contributed by atoms with Crippen LogP contribution in [0.1, 0.15) is 30.1 Å². The van der Waals surface area contributed by atoms with E-state index >= 15 is 0 Å². The summed E-state index contributed by atoms with van der Waals surface area (Å²) in [5.74, 6) is 0.493. The number of rotatable bonds is 5. The summed E-state index contributed by atoms with van der Waals surface area (Å²) in [6, 6.07) is 7.06. The number of hydrogen-bond acceptors (Lipinski definition) is 7. The molecular weight excluding hydrogens is 409 g/mol. The predicted octanol–water partition coefficient (Wildman–Crippen LogP) is 3.09. The average molecular weight is 434 g/mol. The molecule has 1 unspecified atom stereocenters. The van der Waals surface area contributed by atoms with Gasteiger partial charge in [-0.2, -0.15) is 18.2 Å². The summed E-state index contributed by atoms with van der Waals surface area (Å²) in [6.45, 7) is 2.92. The van der Waals surface area contributed by atoms with Crippen molar-refractivity contribution in [1.82, 2.24) is 14.8 Å². The van der Waals surface area contributed by atoms with E-state index in [2.05, 4.69) is 14.9 Å². The molecular formula is C21H25F3N6O. The summed E-state index contributed by atoms with van der Waals surface area (Å²) < 4.78 is 47.3. The molecule has 2 aliphatic rings. The van der Waals surface area contributed by atoms with Crippen LogP contribution in [0.5, 0.6) is 5.75 Å². The van der Waals surface area contributed by atoms with E-state index in [1.807, 2.05) is 0 Å². The van der Waals surface area contributed by atoms with E-state index in [0.29, 0.717) is 18.7 Å².